The van der Waals surface area contributed by atoms with Crippen molar-refractivity contribution in [2.45, 2.75) is 6.92 Å². The van der Waals surface area contributed by atoms with Gasteiger partial charge in [-0.2, -0.15) is 0 Å². The van der Waals surface area contributed by atoms with Crippen molar-refractivity contribution in [3.05, 3.63) is 53.1 Å². The van der Waals surface area contributed by atoms with Crippen molar-refractivity contribution in [2.24, 2.45) is 0 Å². The molecule has 1 aliphatic rings. The van der Waals surface area contributed by atoms with Crippen molar-refractivity contribution in [3.8, 4) is 11.5 Å². The van der Waals surface area contributed by atoms with E-state index >= 15 is 0 Å². The van der Waals surface area contributed by atoms with E-state index < -0.39 is 5.97 Å². The Morgan fingerprint density at radius 1 is 1.08 bits per heavy atom. The minimum Gasteiger partial charge on any atom is -0.486 e. The first-order valence-electron chi connectivity index (χ1n) is 7.48. The topological polar surface area (TPSA) is 73.9 Å². The highest BCUT2D eigenvalue weighted by Gasteiger charge is 2.18. The molecule has 0 saturated carbocycles. The highest BCUT2D eigenvalue weighted by Crippen LogP contribution is 2.33. The van der Waals surface area contributed by atoms with Gasteiger partial charge in [0.15, 0.2) is 11.5 Å². The first kappa shape index (κ1) is 15.9. The standard InChI is InChI=1S/C18H17NO5/c1-11-8-15-16(24-7-6-23-15)10-14(11)17(20)19-13-5-3-4-12(9-13)18(21)22-2/h3-5,8-10H,6-7H2,1-2H3,(H,19,20). The quantitative estimate of drug-likeness (QED) is 0.878. The minimum atomic E-state index is -0.457. The highest BCUT2D eigenvalue weighted by atomic mass is 16.6. The van der Waals surface area contributed by atoms with Crippen LogP contribution in [0, 0.1) is 6.92 Å². The number of anilines is 1. The molecule has 0 unspecified atom stereocenters. The molecule has 0 atom stereocenters. The van der Waals surface area contributed by atoms with E-state index in [0.29, 0.717) is 41.5 Å². The van der Waals surface area contributed by atoms with Gasteiger partial charge in [0.1, 0.15) is 13.2 Å². The summed E-state index contributed by atoms with van der Waals surface area (Å²) in [6.45, 7) is 2.79. The van der Waals surface area contributed by atoms with Crippen molar-refractivity contribution in [1.29, 1.82) is 0 Å². The van der Waals surface area contributed by atoms with E-state index in [2.05, 4.69) is 10.1 Å². The van der Waals surface area contributed by atoms with E-state index in [0.717, 1.165) is 5.56 Å². The van der Waals surface area contributed by atoms with Crippen molar-refractivity contribution in [2.75, 3.05) is 25.6 Å². The maximum absolute atomic E-state index is 12.5. The average molecular weight is 327 g/mol. The molecule has 0 aromatic heterocycles. The zero-order chi connectivity index (χ0) is 17.1. The Kier molecular flexibility index (Phi) is 4.37. The number of methoxy groups -OCH3 is 1. The monoisotopic (exact) mass is 327 g/mol. The molecule has 6 nitrogen and oxygen atoms in total. The number of carbonyl (C=O) groups excluding carboxylic acids is 2. The Labute approximate surface area is 139 Å². The van der Waals surface area contributed by atoms with Crippen LogP contribution >= 0.6 is 0 Å². The molecule has 1 N–H and O–H groups in total. The molecule has 6 heteroatoms. The summed E-state index contributed by atoms with van der Waals surface area (Å²) >= 11 is 0. The molecule has 24 heavy (non-hydrogen) atoms. The summed E-state index contributed by atoms with van der Waals surface area (Å²) < 4.78 is 15.7. The Bertz CT molecular complexity index is 800. The average Bonchev–Trinajstić information content (AvgIpc) is 2.60. The van der Waals surface area contributed by atoms with Gasteiger partial charge in [-0.15, -0.1) is 0 Å². The van der Waals surface area contributed by atoms with Gasteiger partial charge in [-0.3, -0.25) is 4.79 Å². The van der Waals surface area contributed by atoms with Gasteiger partial charge in [-0.05, 0) is 42.8 Å². The van der Waals surface area contributed by atoms with Crippen molar-refractivity contribution in [1.82, 2.24) is 0 Å². The number of amides is 1. The molecule has 1 heterocycles. The molecule has 2 aromatic carbocycles. The van der Waals surface area contributed by atoms with E-state index in [4.69, 9.17) is 9.47 Å². The SMILES string of the molecule is COC(=O)c1cccc(NC(=O)c2cc3c(cc2C)OCCO3)c1. The first-order chi connectivity index (χ1) is 11.6. The van der Waals surface area contributed by atoms with Gasteiger partial charge in [0.25, 0.3) is 5.91 Å². The first-order valence-corrected chi connectivity index (χ1v) is 7.48. The molecule has 124 valence electrons. The Morgan fingerprint density at radius 2 is 1.79 bits per heavy atom. The van der Waals surface area contributed by atoms with Crippen molar-refractivity contribution < 1.29 is 23.8 Å². The van der Waals surface area contributed by atoms with Crippen LogP contribution < -0.4 is 14.8 Å². The summed E-state index contributed by atoms with van der Waals surface area (Å²) in [5.41, 5.74) is 2.15. The molecule has 0 bridgehead atoms. The Balaban J connectivity index is 1.84. The molecule has 1 aliphatic heterocycles. The molecule has 1 amide bonds. The second-order valence-corrected chi connectivity index (χ2v) is 5.34. The van der Waals surface area contributed by atoms with Crippen LogP contribution in [0.1, 0.15) is 26.3 Å². The Morgan fingerprint density at radius 3 is 2.50 bits per heavy atom. The molecular weight excluding hydrogens is 310 g/mol. The van der Waals surface area contributed by atoms with Crippen molar-refractivity contribution >= 4 is 17.6 Å². The summed E-state index contributed by atoms with van der Waals surface area (Å²) in [5, 5.41) is 2.78. The van der Waals surface area contributed by atoms with Gasteiger partial charge in [0.05, 0.1) is 12.7 Å². The minimum absolute atomic E-state index is 0.286. The molecular formula is C18H17NO5. The predicted octanol–water partition coefficient (Wildman–Crippen LogP) is 2.81. The summed E-state index contributed by atoms with van der Waals surface area (Å²) in [5.74, 6) is 0.455. The number of esters is 1. The fraction of sp³-hybridized carbons (Fsp3) is 0.222. The highest BCUT2D eigenvalue weighted by molar-refractivity contribution is 6.06. The molecule has 0 fully saturated rings. The van der Waals surface area contributed by atoms with Crippen LogP contribution in [-0.2, 0) is 4.74 Å². The summed E-state index contributed by atoms with van der Waals surface area (Å²) in [6.07, 6.45) is 0. The lowest BCUT2D eigenvalue weighted by molar-refractivity contribution is 0.0600. The summed E-state index contributed by atoms with van der Waals surface area (Å²) in [6, 6.07) is 10.0. The van der Waals surface area contributed by atoms with E-state index in [1.54, 1.807) is 36.4 Å². The van der Waals surface area contributed by atoms with Crippen LogP contribution in [-0.4, -0.2) is 32.2 Å². The predicted molar refractivity (Wildman–Crippen MR) is 87.9 cm³/mol. The van der Waals surface area contributed by atoms with Crippen LogP contribution in [0.5, 0.6) is 11.5 Å². The number of rotatable bonds is 3. The van der Waals surface area contributed by atoms with Gasteiger partial charge in [0.2, 0.25) is 0 Å². The van der Waals surface area contributed by atoms with E-state index in [1.165, 1.54) is 7.11 Å². The van der Waals surface area contributed by atoms with Crippen LogP contribution in [0.25, 0.3) is 0 Å². The van der Waals surface area contributed by atoms with E-state index in [-0.39, 0.29) is 5.91 Å². The van der Waals surface area contributed by atoms with Crippen molar-refractivity contribution in [3.63, 3.8) is 0 Å². The largest absolute Gasteiger partial charge is 0.486 e. The maximum atomic E-state index is 12.5. The zero-order valence-electron chi connectivity index (χ0n) is 13.4. The zero-order valence-corrected chi connectivity index (χ0v) is 13.4. The number of hydrogen-bond acceptors (Lipinski definition) is 5. The number of benzene rings is 2. The van der Waals surface area contributed by atoms with Gasteiger partial charge in [-0.25, -0.2) is 4.79 Å². The third kappa shape index (κ3) is 3.17. The van der Waals surface area contributed by atoms with Crippen LogP contribution in [0.15, 0.2) is 36.4 Å². The van der Waals surface area contributed by atoms with Gasteiger partial charge >= 0.3 is 5.97 Å². The van der Waals surface area contributed by atoms with Crippen LogP contribution in [0.2, 0.25) is 0 Å². The lowest BCUT2D eigenvalue weighted by Crippen LogP contribution is -2.18. The maximum Gasteiger partial charge on any atom is 0.337 e. The second-order valence-electron chi connectivity index (χ2n) is 5.34. The van der Waals surface area contributed by atoms with Crippen LogP contribution in [0.4, 0.5) is 5.69 Å². The fourth-order valence-corrected chi connectivity index (χ4v) is 2.48. The molecule has 0 aliphatic carbocycles. The third-order valence-electron chi connectivity index (χ3n) is 3.68. The number of ether oxygens (including phenoxy) is 3. The molecule has 0 spiro atoms. The smallest absolute Gasteiger partial charge is 0.337 e. The number of fused-ring (bicyclic) bond motifs is 1. The third-order valence-corrected chi connectivity index (χ3v) is 3.68. The number of aryl methyl sites for hydroxylation is 1. The molecule has 3 rings (SSSR count). The number of carbonyl (C=O) groups is 2. The summed E-state index contributed by atoms with van der Waals surface area (Å²) in [7, 11) is 1.31. The molecule has 0 radical (unpaired) electrons. The lowest BCUT2D eigenvalue weighted by Gasteiger charge is -2.20. The summed E-state index contributed by atoms with van der Waals surface area (Å²) in [4.78, 5) is 24.1. The second kappa shape index (κ2) is 6.62. The van der Waals surface area contributed by atoms with Gasteiger partial charge in [-0.1, -0.05) is 6.07 Å². The fourth-order valence-electron chi connectivity index (χ4n) is 2.48. The van der Waals surface area contributed by atoms with E-state index in [1.807, 2.05) is 6.92 Å². The molecule has 2 aromatic rings. The van der Waals surface area contributed by atoms with Gasteiger partial charge < -0.3 is 19.5 Å². The normalized spacial score (nSPS) is 12.4. The number of hydrogen-bond donors (Lipinski definition) is 1. The van der Waals surface area contributed by atoms with Crippen LogP contribution in [0.3, 0.4) is 0 Å². The Hall–Kier alpha value is -3.02. The van der Waals surface area contributed by atoms with E-state index in [9.17, 15) is 9.59 Å². The lowest BCUT2D eigenvalue weighted by atomic mass is 10.1. The molecule has 0 saturated heterocycles. The van der Waals surface area contributed by atoms with Gasteiger partial charge in [0, 0.05) is 11.3 Å². The number of nitrogens with one attached hydrogen (secondary N) is 1.